The highest BCUT2D eigenvalue weighted by molar-refractivity contribution is 6.35. The molecule has 0 aliphatic carbocycles. The number of rotatable bonds is 8. The smallest absolute Gasteiger partial charge is 0.243 e. The molecule has 4 nitrogen and oxygen atoms in total. The molecule has 2 amide bonds. The molecule has 0 radical (unpaired) electrons. The van der Waals surface area contributed by atoms with Gasteiger partial charge in [-0.15, -0.1) is 0 Å². The quantitative estimate of drug-likeness (QED) is 0.629. The van der Waals surface area contributed by atoms with E-state index < -0.39 is 11.9 Å². The van der Waals surface area contributed by atoms with Gasteiger partial charge in [-0.2, -0.15) is 0 Å². The van der Waals surface area contributed by atoms with Gasteiger partial charge in [0.05, 0.1) is 6.42 Å². The molecule has 0 fully saturated rings. The molecule has 0 bridgehead atoms. The standard InChI is InChI=1S/C22H25Cl2FN2O2/c1-4-20(22(29)26-14(2)3)27(13-16-9-10-17(23)12-18(16)24)21(28)11-15-7-5-6-8-19(15)25/h5-10,12,14,20H,4,11,13H2,1-3H3,(H,26,29)/t20-/m1/s1. The Kier molecular flexibility index (Phi) is 8.47. The zero-order valence-corrected chi connectivity index (χ0v) is 18.2. The number of carbonyl (C=O) groups is 2. The molecule has 156 valence electrons. The Hall–Kier alpha value is -2.11. The molecule has 1 N–H and O–H groups in total. The molecule has 0 aliphatic heterocycles. The minimum absolute atomic E-state index is 0.0702. The molecule has 2 aromatic rings. The largest absolute Gasteiger partial charge is 0.352 e. The molecule has 0 unspecified atom stereocenters. The fourth-order valence-electron chi connectivity index (χ4n) is 3.04. The Labute approximate surface area is 181 Å². The van der Waals surface area contributed by atoms with Crippen LogP contribution in [0.5, 0.6) is 0 Å². The molecular weight excluding hydrogens is 414 g/mol. The number of amides is 2. The van der Waals surface area contributed by atoms with E-state index in [1.54, 1.807) is 36.4 Å². The van der Waals surface area contributed by atoms with E-state index in [1.807, 2.05) is 20.8 Å². The van der Waals surface area contributed by atoms with Crippen molar-refractivity contribution in [2.75, 3.05) is 0 Å². The summed E-state index contributed by atoms with van der Waals surface area (Å²) in [7, 11) is 0. The van der Waals surface area contributed by atoms with Gasteiger partial charge >= 0.3 is 0 Å². The van der Waals surface area contributed by atoms with Gasteiger partial charge in [-0.3, -0.25) is 9.59 Å². The number of nitrogens with zero attached hydrogens (tertiary/aromatic N) is 1. The van der Waals surface area contributed by atoms with Gasteiger partial charge in [-0.05, 0) is 49.6 Å². The van der Waals surface area contributed by atoms with Crippen molar-refractivity contribution in [2.24, 2.45) is 0 Å². The fraction of sp³-hybridized carbons (Fsp3) is 0.364. The van der Waals surface area contributed by atoms with E-state index in [9.17, 15) is 14.0 Å². The average molecular weight is 439 g/mol. The molecular formula is C22H25Cl2FN2O2. The Morgan fingerprint density at radius 1 is 1.10 bits per heavy atom. The Bertz CT molecular complexity index is 874. The third-order valence-corrected chi connectivity index (χ3v) is 5.06. The maximum absolute atomic E-state index is 14.1. The van der Waals surface area contributed by atoms with Crippen LogP contribution in [0.1, 0.15) is 38.3 Å². The summed E-state index contributed by atoms with van der Waals surface area (Å²) in [4.78, 5) is 27.4. The van der Waals surface area contributed by atoms with Crippen LogP contribution in [0.4, 0.5) is 4.39 Å². The molecule has 0 heterocycles. The van der Waals surface area contributed by atoms with E-state index in [-0.39, 0.29) is 36.4 Å². The van der Waals surface area contributed by atoms with Crippen LogP contribution < -0.4 is 5.32 Å². The zero-order valence-electron chi connectivity index (χ0n) is 16.7. The lowest BCUT2D eigenvalue weighted by Crippen LogP contribution is -2.50. The van der Waals surface area contributed by atoms with E-state index >= 15 is 0 Å². The van der Waals surface area contributed by atoms with Crippen molar-refractivity contribution >= 4 is 35.0 Å². The summed E-state index contributed by atoms with van der Waals surface area (Å²) in [5.41, 5.74) is 0.942. The lowest BCUT2D eigenvalue weighted by Gasteiger charge is -2.31. The second-order valence-corrected chi connectivity index (χ2v) is 7.96. The van der Waals surface area contributed by atoms with Crippen LogP contribution >= 0.6 is 23.2 Å². The van der Waals surface area contributed by atoms with Crippen LogP contribution in [0.3, 0.4) is 0 Å². The van der Waals surface area contributed by atoms with E-state index in [0.29, 0.717) is 22.0 Å². The van der Waals surface area contributed by atoms with Gasteiger partial charge < -0.3 is 10.2 Å². The van der Waals surface area contributed by atoms with Crippen molar-refractivity contribution in [3.8, 4) is 0 Å². The summed E-state index contributed by atoms with van der Waals surface area (Å²) < 4.78 is 14.1. The highest BCUT2D eigenvalue weighted by Crippen LogP contribution is 2.24. The molecule has 0 aromatic heterocycles. The number of hydrogen-bond donors (Lipinski definition) is 1. The summed E-state index contributed by atoms with van der Waals surface area (Å²) in [5.74, 6) is -1.06. The van der Waals surface area contributed by atoms with Gasteiger partial charge in [-0.1, -0.05) is 54.4 Å². The second kappa shape index (κ2) is 10.6. The van der Waals surface area contributed by atoms with Crippen molar-refractivity contribution in [3.63, 3.8) is 0 Å². The summed E-state index contributed by atoms with van der Waals surface area (Å²) in [5, 5.41) is 3.74. The third kappa shape index (κ3) is 6.44. The molecule has 0 saturated carbocycles. The number of halogens is 3. The van der Waals surface area contributed by atoms with E-state index in [1.165, 1.54) is 11.0 Å². The minimum Gasteiger partial charge on any atom is -0.352 e. The summed E-state index contributed by atoms with van der Waals surface area (Å²) in [6.45, 7) is 5.66. The summed E-state index contributed by atoms with van der Waals surface area (Å²) in [6, 6.07) is 10.3. The predicted molar refractivity (Wildman–Crippen MR) is 114 cm³/mol. The van der Waals surface area contributed by atoms with Crippen LogP contribution in [-0.2, 0) is 22.6 Å². The van der Waals surface area contributed by atoms with Gasteiger partial charge in [0, 0.05) is 22.6 Å². The first-order valence-corrected chi connectivity index (χ1v) is 10.3. The Morgan fingerprint density at radius 2 is 1.79 bits per heavy atom. The van der Waals surface area contributed by atoms with E-state index in [4.69, 9.17) is 23.2 Å². The topological polar surface area (TPSA) is 49.4 Å². The lowest BCUT2D eigenvalue weighted by molar-refractivity contribution is -0.141. The first-order valence-electron chi connectivity index (χ1n) is 9.50. The van der Waals surface area contributed by atoms with E-state index in [0.717, 1.165) is 0 Å². The van der Waals surface area contributed by atoms with E-state index in [2.05, 4.69) is 5.32 Å². The Balaban J connectivity index is 2.36. The van der Waals surface area contributed by atoms with Gasteiger partial charge in [0.2, 0.25) is 11.8 Å². The average Bonchev–Trinajstić information content (AvgIpc) is 2.64. The highest BCUT2D eigenvalue weighted by Gasteiger charge is 2.29. The van der Waals surface area contributed by atoms with Gasteiger partial charge in [-0.25, -0.2) is 4.39 Å². The molecule has 2 aromatic carbocycles. The van der Waals surface area contributed by atoms with Crippen LogP contribution in [-0.4, -0.2) is 28.8 Å². The Morgan fingerprint density at radius 3 is 2.38 bits per heavy atom. The SMILES string of the molecule is CC[C@H](C(=O)NC(C)C)N(Cc1ccc(Cl)cc1Cl)C(=O)Cc1ccccc1F. The molecule has 7 heteroatoms. The van der Waals surface area contributed by atoms with Crippen molar-refractivity contribution < 1.29 is 14.0 Å². The molecule has 0 saturated heterocycles. The normalized spacial score (nSPS) is 12.0. The van der Waals surface area contributed by atoms with Crippen molar-refractivity contribution in [3.05, 3.63) is 69.5 Å². The van der Waals surface area contributed by atoms with Gasteiger partial charge in [0.15, 0.2) is 0 Å². The lowest BCUT2D eigenvalue weighted by atomic mass is 10.1. The zero-order chi connectivity index (χ0) is 21.6. The molecule has 2 rings (SSSR count). The highest BCUT2D eigenvalue weighted by atomic mass is 35.5. The molecule has 1 atom stereocenters. The van der Waals surface area contributed by atoms with Gasteiger partial charge in [0.25, 0.3) is 0 Å². The second-order valence-electron chi connectivity index (χ2n) is 7.11. The third-order valence-electron chi connectivity index (χ3n) is 4.47. The number of nitrogens with one attached hydrogen (secondary N) is 1. The molecule has 0 aliphatic rings. The molecule has 0 spiro atoms. The molecule has 29 heavy (non-hydrogen) atoms. The van der Waals surface area contributed by atoms with Crippen LogP contribution in [0.2, 0.25) is 10.0 Å². The monoisotopic (exact) mass is 438 g/mol. The van der Waals surface area contributed by atoms with Crippen molar-refractivity contribution in [1.29, 1.82) is 0 Å². The first kappa shape index (κ1) is 23.2. The number of carbonyl (C=O) groups excluding carboxylic acids is 2. The van der Waals surface area contributed by atoms with Crippen molar-refractivity contribution in [1.82, 2.24) is 10.2 Å². The maximum Gasteiger partial charge on any atom is 0.243 e. The number of hydrogen-bond acceptors (Lipinski definition) is 2. The van der Waals surface area contributed by atoms with Crippen LogP contribution in [0, 0.1) is 5.82 Å². The maximum atomic E-state index is 14.1. The summed E-state index contributed by atoms with van der Waals surface area (Å²) in [6.07, 6.45) is 0.260. The fourth-order valence-corrected chi connectivity index (χ4v) is 3.51. The van der Waals surface area contributed by atoms with Gasteiger partial charge in [0.1, 0.15) is 11.9 Å². The van der Waals surface area contributed by atoms with Crippen LogP contribution in [0.25, 0.3) is 0 Å². The minimum atomic E-state index is -0.705. The van der Waals surface area contributed by atoms with Crippen LogP contribution in [0.15, 0.2) is 42.5 Å². The van der Waals surface area contributed by atoms with Crippen molar-refractivity contribution in [2.45, 2.75) is 52.2 Å². The number of benzene rings is 2. The predicted octanol–water partition coefficient (Wildman–Crippen LogP) is 5.01. The summed E-state index contributed by atoms with van der Waals surface area (Å²) >= 11 is 12.3. The first-order chi connectivity index (χ1) is 13.7.